The topological polar surface area (TPSA) is 90.3 Å². The summed E-state index contributed by atoms with van der Waals surface area (Å²) in [6, 6.07) is 13.3. The molecule has 0 unspecified atom stereocenters. The molecular weight excluding hydrogens is 358 g/mol. The molecule has 0 aliphatic carbocycles. The van der Waals surface area contributed by atoms with Crippen LogP contribution in [0.3, 0.4) is 0 Å². The predicted octanol–water partition coefficient (Wildman–Crippen LogP) is 2.23. The number of carbonyl (C=O) groups excluding carboxylic acids is 2. The van der Waals surface area contributed by atoms with Gasteiger partial charge in [-0.3, -0.25) is 19.0 Å². The molecule has 132 valence electrons. The minimum Gasteiger partial charge on any atom is -0.454 e. The van der Waals surface area contributed by atoms with E-state index in [1.807, 2.05) is 0 Å². The average molecular weight is 372 g/mol. The number of hydrogen-bond acceptors (Lipinski definition) is 5. The molecule has 26 heavy (non-hydrogen) atoms. The van der Waals surface area contributed by atoms with E-state index in [1.165, 1.54) is 6.33 Å². The van der Waals surface area contributed by atoms with Gasteiger partial charge in [0.15, 0.2) is 6.61 Å². The lowest BCUT2D eigenvalue weighted by atomic mass is 10.2. The largest absolute Gasteiger partial charge is 0.454 e. The van der Waals surface area contributed by atoms with Crippen LogP contribution < -0.4 is 10.9 Å². The third-order valence-electron chi connectivity index (χ3n) is 3.52. The summed E-state index contributed by atoms with van der Waals surface area (Å²) in [7, 11) is 0. The Morgan fingerprint density at radius 2 is 1.85 bits per heavy atom. The summed E-state index contributed by atoms with van der Waals surface area (Å²) < 4.78 is 6.05. The Balaban J connectivity index is 1.57. The molecule has 0 saturated heterocycles. The van der Waals surface area contributed by atoms with Gasteiger partial charge in [0.2, 0.25) is 0 Å². The van der Waals surface area contributed by atoms with E-state index in [1.54, 1.807) is 48.5 Å². The van der Waals surface area contributed by atoms with Crippen molar-refractivity contribution >= 4 is 40.1 Å². The highest BCUT2D eigenvalue weighted by atomic mass is 35.5. The second-order valence-electron chi connectivity index (χ2n) is 5.41. The van der Waals surface area contributed by atoms with Crippen molar-refractivity contribution in [1.82, 2.24) is 9.55 Å². The predicted molar refractivity (Wildman–Crippen MR) is 97.0 cm³/mol. The van der Waals surface area contributed by atoms with E-state index in [9.17, 15) is 14.4 Å². The van der Waals surface area contributed by atoms with Crippen LogP contribution >= 0.6 is 11.6 Å². The number of nitrogens with one attached hydrogen (secondary N) is 1. The molecule has 3 rings (SSSR count). The quantitative estimate of drug-likeness (QED) is 0.694. The van der Waals surface area contributed by atoms with Crippen LogP contribution in [0.15, 0.2) is 59.7 Å². The van der Waals surface area contributed by atoms with Gasteiger partial charge in [0.25, 0.3) is 11.5 Å². The summed E-state index contributed by atoms with van der Waals surface area (Å²) in [5.74, 6) is -1.21. The molecule has 7 nitrogen and oxygen atoms in total. The molecule has 1 heterocycles. The number of fused-ring (bicyclic) bond motifs is 1. The Morgan fingerprint density at radius 1 is 1.12 bits per heavy atom. The first-order chi connectivity index (χ1) is 12.5. The van der Waals surface area contributed by atoms with Gasteiger partial charge in [-0.15, -0.1) is 0 Å². The fraction of sp³-hybridized carbons (Fsp3) is 0.111. The number of rotatable bonds is 5. The number of hydrogen-bond donors (Lipinski definition) is 1. The van der Waals surface area contributed by atoms with Crippen molar-refractivity contribution in [3.8, 4) is 0 Å². The summed E-state index contributed by atoms with van der Waals surface area (Å²) in [5.41, 5.74) is 0.730. The molecular formula is C18H14ClN3O4. The fourth-order valence-electron chi connectivity index (χ4n) is 2.28. The lowest BCUT2D eigenvalue weighted by Gasteiger charge is -2.08. The number of para-hydroxylation sites is 1. The summed E-state index contributed by atoms with van der Waals surface area (Å²) in [6.07, 6.45) is 1.28. The number of carbonyl (C=O) groups is 2. The fourth-order valence-corrected chi connectivity index (χ4v) is 2.41. The maximum absolute atomic E-state index is 12.3. The standard InChI is InChI=1S/C18H14ClN3O4/c19-12-5-7-13(8-6-12)21-16(23)10-26-17(24)9-22-11-20-15-4-2-1-3-14(15)18(22)25/h1-8,11H,9-10H2,(H,21,23). The average Bonchev–Trinajstić information content (AvgIpc) is 2.64. The van der Waals surface area contributed by atoms with Crippen molar-refractivity contribution in [1.29, 1.82) is 0 Å². The van der Waals surface area contributed by atoms with E-state index in [0.717, 1.165) is 4.57 Å². The van der Waals surface area contributed by atoms with Crippen LogP contribution in [0.4, 0.5) is 5.69 Å². The third-order valence-corrected chi connectivity index (χ3v) is 3.78. The van der Waals surface area contributed by atoms with Crippen LogP contribution in [-0.4, -0.2) is 28.0 Å². The molecule has 3 aromatic rings. The number of benzene rings is 2. The SMILES string of the molecule is O=C(COC(=O)Cn1cnc2ccccc2c1=O)Nc1ccc(Cl)cc1. The molecule has 0 radical (unpaired) electrons. The second-order valence-corrected chi connectivity index (χ2v) is 5.85. The molecule has 0 fully saturated rings. The first-order valence-electron chi connectivity index (χ1n) is 7.68. The second kappa shape index (κ2) is 7.79. The van der Waals surface area contributed by atoms with Gasteiger partial charge in [0.1, 0.15) is 6.54 Å². The van der Waals surface area contributed by atoms with Gasteiger partial charge >= 0.3 is 5.97 Å². The zero-order chi connectivity index (χ0) is 18.5. The van der Waals surface area contributed by atoms with E-state index in [4.69, 9.17) is 16.3 Å². The van der Waals surface area contributed by atoms with E-state index in [2.05, 4.69) is 10.3 Å². The molecule has 1 aromatic heterocycles. The van der Waals surface area contributed by atoms with E-state index < -0.39 is 18.5 Å². The number of aromatic nitrogens is 2. The highest BCUT2D eigenvalue weighted by Crippen LogP contribution is 2.13. The van der Waals surface area contributed by atoms with E-state index >= 15 is 0 Å². The van der Waals surface area contributed by atoms with Gasteiger partial charge in [-0.1, -0.05) is 23.7 Å². The number of amides is 1. The van der Waals surface area contributed by atoms with Crippen molar-refractivity contribution < 1.29 is 14.3 Å². The van der Waals surface area contributed by atoms with E-state index in [0.29, 0.717) is 21.6 Å². The maximum atomic E-state index is 12.3. The van der Waals surface area contributed by atoms with Crippen molar-refractivity contribution in [2.75, 3.05) is 11.9 Å². The minimum absolute atomic E-state index is 0.328. The molecule has 2 aromatic carbocycles. The molecule has 1 amide bonds. The molecule has 1 N–H and O–H groups in total. The third kappa shape index (κ3) is 4.25. The Kier molecular flexibility index (Phi) is 5.28. The zero-order valence-corrected chi connectivity index (χ0v) is 14.3. The van der Waals surface area contributed by atoms with Gasteiger partial charge in [0, 0.05) is 10.7 Å². The molecule has 0 atom stereocenters. The first-order valence-corrected chi connectivity index (χ1v) is 8.06. The minimum atomic E-state index is -0.713. The monoisotopic (exact) mass is 371 g/mol. The number of halogens is 1. The van der Waals surface area contributed by atoms with Gasteiger partial charge < -0.3 is 10.1 Å². The van der Waals surface area contributed by atoms with Crippen LogP contribution in [-0.2, 0) is 20.9 Å². The first kappa shape index (κ1) is 17.6. The van der Waals surface area contributed by atoms with Crippen LogP contribution in [0.2, 0.25) is 5.02 Å². The lowest BCUT2D eigenvalue weighted by molar-refractivity contribution is -0.147. The summed E-state index contributed by atoms with van der Waals surface area (Å²) in [6.45, 7) is -0.790. The number of esters is 1. The number of anilines is 1. The lowest BCUT2D eigenvalue weighted by Crippen LogP contribution is -2.28. The maximum Gasteiger partial charge on any atom is 0.326 e. The van der Waals surface area contributed by atoms with Crippen molar-refractivity contribution in [2.24, 2.45) is 0 Å². The Labute approximate surface area is 153 Å². The van der Waals surface area contributed by atoms with Gasteiger partial charge in [0.05, 0.1) is 17.2 Å². The van der Waals surface area contributed by atoms with Crippen molar-refractivity contribution in [3.05, 3.63) is 70.2 Å². The van der Waals surface area contributed by atoms with Crippen LogP contribution in [0.25, 0.3) is 10.9 Å². The molecule has 0 spiro atoms. The Bertz CT molecular complexity index is 1010. The van der Waals surface area contributed by atoms with Crippen molar-refractivity contribution in [2.45, 2.75) is 6.54 Å². The smallest absolute Gasteiger partial charge is 0.326 e. The Morgan fingerprint density at radius 3 is 2.62 bits per heavy atom. The zero-order valence-electron chi connectivity index (χ0n) is 13.5. The summed E-state index contributed by atoms with van der Waals surface area (Å²) >= 11 is 5.76. The van der Waals surface area contributed by atoms with Crippen LogP contribution in [0.5, 0.6) is 0 Å². The summed E-state index contributed by atoms with van der Waals surface area (Å²) in [5, 5.41) is 3.52. The van der Waals surface area contributed by atoms with Crippen molar-refractivity contribution in [3.63, 3.8) is 0 Å². The Hall–Kier alpha value is -3.19. The molecule has 0 bridgehead atoms. The highest BCUT2D eigenvalue weighted by Gasteiger charge is 2.11. The molecule has 0 saturated carbocycles. The van der Waals surface area contributed by atoms with E-state index in [-0.39, 0.29) is 12.1 Å². The summed E-state index contributed by atoms with van der Waals surface area (Å²) in [4.78, 5) is 40.1. The normalized spacial score (nSPS) is 10.5. The molecule has 8 heteroatoms. The number of ether oxygens (including phenoxy) is 1. The molecule has 0 aliphatic heterocycles. The van der Waals surface area contributed by atoms with Crippen LogP contribution in [0.1, 0.15) is 0 Å². The number of nitrogens with zero attached hydrogens (tertiary/aromatic N) is 2. The highest BCUT2D eigenvalue weighted by molar-refractivity contribution is 6.30. The van der Waals surface area contributed by atoms with Gasteiger partial charge in [-0.05, 0) is 36.4 Å². The van der Waals surface area contributed by atoms with Crippen LogP contribution in [0, 0.1) is 0 Å². The molecule has 0 aliphatic rings. The van der Waals surface area contributed by atoms with Gasteiger partial charge in [-0.25, -0.2) is 4.98 Å². The van der Waals surface area contributed by atoms with Gasteiger partial charge in [-0.2, -0.15) is 0 Å².